The number of H-pyrrole nitrogens is 1. The lowest BCUT2D eigenvalue weighted by Gasteiger charge is -2.20. The fourth-order valence-corrected chi connectivity index (χ4v) is 3.24. The Bertz CT molecular complexity index is 967. The number of hydrogen-bond acceptors (Lipinski definition) is 6. The highest BCUT2D eigenvalue weighted by Crippen LogP contribution is 2.24. The molecule has 1 aromatic carbocycles. The van der Waals surface area contributed by atoms with Gasteiger partial charge in [-0.15, -0.1) is 0 Å². The van der Waals surface area contributed by atoms with E-state index in [1.807, 2.05) is 11.5 Å². The molecule has 4 N–H and O–H groups in total. The number of hydrazone groups is 1. The Kier molecular flexibility index (Phi) is 5.83. The average molecular weight is 405 g/mol. The summed E-state index contributed by atoms with van der Waals surface area (Å²) < 4.78 is 15.5. The molecule has 1 atom stereocenters. The van der Waals surface area contributed by atoms with Crippen LogP contribution >= 0.6 is 12.2 Å². The predicted molar refractivity (Wildman–Crippen MR) is 104 cm³/mol. The van der Waals surface area contributed by atoms with Crippen molar-refractivity contribution in [3.05, 3.63) is 40.7 Å². The Morgan fingerprint density at radius 2 is 2.11 bits per heavy atom. The summed E-state index contributed by atoms with van der Waals surface area (Å²) in [6, 6.07) is 4.65. The molecule has 3 rings (SSSR count). The van der Waals surface area contributed by atoms with E-state index < -0.39 is 23.7 Å². The van der Waals surface area contributed by atoms with Crippen LogP contribution in [0.25, 0.3) is 0 Å². The van der Waals surface area contributed by atoms with Crippen LogP contribution in [0.2, 0.25) is 0 Å². The van der Waals surface area contributed by atoms with Crippen molar-refractivity contribution >= 4 is 35.4 Å². The Balaban J connectivity index is 1.67. The van der Waals surface area contributed by atoms with E-state index in [4.69, 9.17) is 18.0 Å². The molecule has 1 aliphatic rings. The van der Waals surface area contributed by atoms with Crippen molar-refractivity contribution in [2.24, 2.45) is 10.8 Å². The van der Waals surface area contributed by atoms with Crippen LogP contribution in [-0.4, -0.2) is 44.9 Å². The molecule has 1 unspecified atom stereocenters. The smallest absolute Gasteiger partial charge is 0.267 e. The molecule has 2 heterocycles. The molecule has 1 aliphatic heterocycles. The molecule has 0 spiro atoms. The van der Waals surface area contributed by atoms with Crippen molar-refractivity contribution in [1.82, 2.24) is 20.1 Å². The molecule has 28 heavy (non-hydrogen) atoms. The summed E-state index contributed by atoms with van der Waals surface area (Å²) in [6.07, 6.45) is 0.563. The molecule has 2 aromatic rings. The van der Waals surface area contributed by atoms with Crippen molar-refractivity contribution in [3.8, 4) is 0 Å². The van der Waals surface area contributed by atoms with Crippen molar-refractivity contribution in [1.29, 1.82) is 0 Å². The van der Waals surface area contributed by atoms with Gasteiger partial charge in [0.1, 0.15) is 23.4 Å². The minimum Gasteiger partial charge on any atom is -0.368 e. The molecular formula is C17H20FN7O2S. The van der Waals surface area contributed by atoms with E-state index >= 15 is 0 Å². The van der Waals surface area contributed by atoms with Gasteiger partial charge in [-0.05, 0) is 43.4 Å². The monoisotopic (exact) mass is 405 g/mol. The normalized spacial score (nSPS) is 16.1. The van der Waals surface area contributed by atoms with Gasteiger partial charge in [0.05, 0.1) is 5.69 Å². The van der Waals surface area contributed by atoms with Crippen LogP contribution < -0.4 is 16.1 Å². The van der Waals surface area contributed by atoms with Gasteiger partial charge in [-0.25, -0.2) is 4.39 Å². The molecule has 1 aromatic heterocycles. The molecule has 0 bridgehead atoms. The summed E-state index contributed by atoms with van der Waals surface area (Å²) in [5, 5.41) is 15.2. The van der Waals surface area contributed by atoms with Crippen molar-refractivity contribution < 1.29 is 14.0 Å². The van der Waals surface area contributed by atoms with Gasteiger partial charge in [0.15, 0.2) is 4.77 Å². The number of nitrogens with two attached hydrogens (primary N) is 1. The summed E-state index contributed by atoms with van der Waals surface area (Å²) in [4.78, 5) is 24.2. The highest BCUT2D eigenvalue weighted by atomic mass is 32.1. The van der Waals surface area contributed by atoms with Gasteiger partial charge >= 0.3 is 0 Å². The standard InChI is InChI=1S/C17H20FN7O2S/c1-2-24-14(21-22-17(24)28)7-8-20-16(27)12-9-13(15(19)26)25(23-12)11-5-3-10(18)4-6-11/h3-6,13H,2,7-9H2,1H3,(H2,19,26)(H,20,27)(H,22,28). The number of nitrogens with zero attached hydrogens (tertiary/aromatic N) is 4. The maximum absolute atomic E-state index is 13.1. The van der Waals surface area contributed by atoms with Gasteiger partial charge in [-0.1, -0.05) is 0 Å². The minimum atomic E-state index is -0.803. The van der Waals surface area contributed by atoms with Gasteiger partial charge in [0, 0.05) is 25.9 Å². The Hall–Kier alpha value is -3.08. The molecule has 11 heteroatoms. The summed E-state index contributed by atoms with van der Waals surface area (Å²) >= 11 is 5.13. The predicted octanol–water partition coefficient (Wildman–Crippen LogP) is 0.879. The first-order valence-electron chi connectivity index (χ1n) is 8.74. The third-order valence-corrected chi connectivity index (χ3v) is 4.69. The van der Waals surface area contributed by atoms with Crippen LogP contribution in [0.4, 0.5) is 10.1 Å². The number of anilines is 1. The first kappa shape index (κ1) is 19.7. The van der Waals surface area contributed by atoms with Gasteiger partial charge < -0.3 is 15.6 Å². The SMILES string of the molecule is CCn1c(CCNC(=O)C2=NN(c3ccc(F)cc3)C(C(N)=O)C2)n[nH]c1=S. The van der Waals surface area contributed by atoms with Gasteiger partial charge in [-0.2, -0.15) is 10.2 Å². The number of carbonyl (C=O) groups excluding carboxylic acids is 2. The third kappa shape index (κ3) is 4.09. The molecule has 148 valence electrons. The Labute approximate surface area is 165 Å². The number of rotatable bonds is 7. The fourth-order valence-electron chi connectivity index (χ4n) is 2.96. The summed E-state index contributed by atoms with van der Waals surface area (Å²) in [7, 11) is 0. The van der Waals surface area contributed by atoms with E-state index in [-0.39, 0.29) is 12.1 Å². The maximum Gasteiger partial charge on any atom is 0.267 e. The van der Waals surface area contributed by atoms with Crippen molar-refractivity contribution in [2.75, 3.05) is 11.6 Å². The van der Waals surface area contributed by atoms with Crippen LogP contribution in [0.15, 0.2) is 29.4 Å². The Morgan fingerprint density at radius 3 is 2.75 bits per heavy atom. The lowest BCUT2D eigenvalue weighted by molar-refractivity contribution is -0.119. The van der Waals surface area contributed by atoms with Crippen molar-refractivity contribution in [2.45, 2.75) is 32.4 Å². The van der Waals surface area contributed by atoms with Crippen LogP contribution in [-0.2, 0) is 22.6 Å². The maximum atomic E-state index is 13.1. The first-order valence-corrected chi connectivity index (χ1v) is 9.15. The number of halogens is 1. The highest BCUT2D eigenvalue weighted by Gasteiger charge is 2.34. The number of benzene rings is 1. The van der Waals surface area contributed by atoms with E-state index in [0.717, 1.165) is 5.82 Å². The number of primary amides is 1. The van der Waals surface area contributed by atoms with E-state index in [9.17, 15) is 14.0 Å². The zero-order chi connectivity index (χ0) is 20.3. The van der Waals surface area contributed by atoms with E-state index in [2.05, 4.69) is 20.6 Å². The lowest BCUT2D eigenvalue weighted by Crippen LogP contribution is -2.40. The first-order chi connectivity index (χ1) is 13.4. The number of carbonyl (C=O) groups is 2. The fraction of sp³-hybridized carbons (Fsp3) is 0.353. The molecule has 0 fully saturated rings. The minimum absolute atomic E-state index is 0.0756. The molecule has 0 saturated heterocycles. The quantitative estimate of drug-likeness (QED) is 0.591. The van der Waals surface area contributed by atoms with Crippen LogP contribution in [0, 0.1) is 10.6 Å². The molecule has 2 amide bonds. The molecule has 0 aliphatic carbocycles. The third-order valence-electron chi connectivity index (χ3n) is 4.38. The number of hydrogen-bond donors (Lipinski definition) is 3. The zero-order valence-electron chi connectivity index (χ0n) is 15.2. The number of nitrogens with one attached hydrogen (secondary N) is 2. The number of amides is 2. The number of aromatic nitrogens is 3. The van der Waals surface area contributed by atoms with Gasteiger partial charge in [-0.3, -0.25) is 19.7 Å². The second-order valence-corrected chi connectivity index (χ2v) is 6.57. The zero-order valence-corrected chi connectivity index (χ0v) is 16.0. The van der Waals surface area contributed by atoms with Crippen molar-refractivity contribution in [3.63, 3.8) is 0 Å². The second kappa shape index (κ2) is 8.30. The molecule has 0 radical (unpaired) electrons. The topological polar surface area (TPSA) is 121 Å². The number of aromatic amines is 1. The lowest BCUT2D eigenvalue weighted by atomic mass is 10.1. The van der Waals surface area contributed by atoms with Crippen LogP contribution in [0.5, 0.6) is 0 Å². The van der Waals surface area contributed by atoms with Gasteiger partial charge in [0.25, 0.3) is 5.91 Å². The Morgan fingerprint density at radius 1 is 1.39 bits per heavy atom. The molecule has 9 nitrogen and oxygen atoms in total. The summed E-state index contributed by atoms with van der Waals surface area (Å²) in [5.74, 6) is -0.683. The molecule has 0 saturated carbocycles. The van der Waals surface area contributed by atoms with Crippen LogP contribution in [0.1, 0.15) is 19.2 Å². The summed E-state index contributed by atoms with van der Waals surface area (Å²) in [6.45, 7) is 2.96. The highest BCUT2D eigenvalue weighted by molar-refractivity contribution is 7.71. The van der Waals surface area contributed by atoms with E-state index in [1.165, 1.54) is 29.3 Å². The van der Waals surface area contributed by atoms with Gasteiger partial charge in [0.2, 0.25) is 5.91 Å². The average Bonchev–Trinajstić information content (AvgIpc) is 3.26. The van der Waals surface area contributed by atoms with E-state index in [1.54, 1.807) is 0 Å². The second-order valence-electron chi connectivity index (χ2n) is 6.19. The molecular weight excluding hydrogens is 385 g/mol. The van der Waals surface area contributed by atoms with Crippen LogP contribution in [0.3, 0.4) is 0 Å². The summed E-state index contributed by atoms with van der Waals surface area (Å²) in [5.41, 5.74) is 6.11. The largest absolute Gasteiger partial charge is 0.368 e. The van der Waals surface area contributed by atoms with E-state index in [0.29, 0.717) is 30.0 Å².